The summed E-state index contributed by atoms with van der Waals surface area (Å²) in [5.41, 5.74) is 0.356. The molecule has 1 aromatic rings. The number of rotatable bonds is 11. The summed E-state index contributed by atoms with van der Waals surface area (Å²) >= 11 is 6.07. The van der Waals surface area contributed by atoms with Crippen LogP contribution in [0.1, 0.15) is 51.5 Å². The first-order valence-corrected chi connectivity index (χ1v) is 12.4. The zero-order valence-electron chi connectivity index (χ0n) is 20.4. The summed E-state index contributed by atoms with van der Waals surface area (Å²) in [6.45, 7) is 4.39. The molecule has 10 heteroatoms. The highest BCUT2D eigenvalue weighted by atomic mass is 35.5. The van der Waals surface area contributed by atoms with Crippen LogP contribution in [-0.2, 0) is 30.3 Å². The van der Waals surface area contributed by atoms with E-state index in [0.29, 0.717) is 30.8 Å². The van der Waals surface area contributed by atoms with Gasteiger partial charge in [-0.1, -0.05) is 37.6 Å². The van der Waals surface area contributed by atoms with E-state index in [2.05, 4.69) is 16.0 Å². The highest BCUT2D eigenvalue weighted by Crippen LogP contribution is 2.42. The number of amides is 3. The molecule has 0 spiro atoms. The highest BCUT2D eigenvalue weighted by Gasteiger charge is 2.47. The number of hydrogen-bond acceptors (Lipinski definition) is 6. The Morgan fingerprint density at radius 1 is 1.20 bits per heavy atom. The monoisotopic (exact) mass is 507 g/mol. The molecular weight excluding hydrogens is 474 g/mol. The molecule has 1 aromatic carbocycles. The van der Waals surface area contributed by atoms with Gasteiger partial charge in [-0.05, 0) is 55.7 Å². The van der Waals surface area contributed by atoms with Crippen LogP contribution in [0.5, 0.6) is 0 Å². The number of nitrogens with one attached hydrogen (secondary N) is 3. The number of halogens is 1. The maximum absolute atomic E-state index is 13.1. The molecule has 0 radical (unpaired) electrons. The van der Waals surface area contributed by atoms with Gasteiger partial charge in [-0.15, -0.1) is 0 Å². The average molecular weight is 508 g/mol. The number of esters is 1. The Morgan fingerprint density at radius 2 is 1.94 bits per heavy atom. The third-order valence-corrected chi connectivity index (χ3v) is 6.57. The second-order valence-corrected chi connectivity index (χ2v) is 10.2. The topological polar surface area (TPSA) is 123 Å². The van der Waals surface area contributed by atoms with E-state index in [9.17, 15) is 19.2 Å². The van der Waals surface area contributed by atoms with E-state index in [4.69, 9.17) is 21.1 Å². The van der Waals surface area contributed by atoms with Gasteiger partial charge in [-0.2, -0.15) is 0 Å². The van der Waals surface area contributed by atoms with Crippen molar-refractivity contribution in [1.29, 1.82) is 0 Å². The molecule has 3 unspecified atom stereocenters. The quantitative estimate of drug-likeness (QED) is 0.396. The van der Waals surface area contributed by atoms with Crippen LogP contribution in [0.2, 0.25) is 5.02 Å². The standard InChI is InChI=1S/C25H34ClN3O6/c1-15(2)11-19(22(31)28-20(23(32)34-3)13-17-7-10-27-21(17)30)29-24(33)35-25(8-9-25)14-16-5-4-6-18(26)12-16/h4-6,12,15,17,19-20H,7-11,13-14H2,1-3H3,(H,27,30)(H,28,31)(H,29,33). The summed E-state index contributed by atoms with van der Waals surface area (Å²) in [6, 6.07) is 5.51. The maximum Gasteiger partial charge on any atom is 0.408 e. The third-order valence-electron chi connectivity index (χ3n) is 6.33. The third kappa shape index (κ3) is 7.85. The van der Waals surface area contributed by atoms with E-state index < -0.39 is 35.7 Å². The van der Waals surface area contributed by atoms with Gasteiger partial charge >= 0.3 is 12.1 Å². The minimum atomic E-state index is -0.994. The van der Waals surface area contributed by atoms with Crippen molar-refractivity contribution in [3.63, 3.8) is 0 Å². The van der Waals surface area contributed by atoms with Crippen molar-refractivity contribution in [1.82, 2.24) is 16.0 Å². The maximum atomic E-state index is 13.1. The molecule has 1 heterocycles. The Morgan fingerprint density at radius 3 is 2.51 bits per heavy atom. The summed E-state index contributed by atoms with van der Waals surface area (Å²) in [6.07, 6.45) is 2.36. The van der Waals surface area contributed by atoms with E-state index in [1.54, 1.807) is 6.07 Å². The molecule has 2 fully saturated rings. The normalized spacial score (nSPS) is 19.9. The molecule has 3 rings (SSSR count). The average Bonchev–Trinajstić information content (AvgIpc) is 3.41. The number of benzene rings is 1. The summed E-state index contributed by atoms with van der Waals surface area (Å²) in [5, 5.41) is 8.69. The molecule has 35 heavy (non-hydrogen) atoms. The van der Waals surface area contributed by atoms with E-state index in [0.717, 1.165) is 18.4 Å². The van der Waals surface area contributed by atoms with Gasteiger partial charge in [0.25, 0.3) is 0 Å². The van der Waals surface area contributed by atoms with Crippen LogP contribution in [0.15, 0.2) is 24.3 Å². The van der Waals surface area contributed by atoms with Crippen molar-refractivity contribution >= 4 is 35.5 Å². The zero-order valence-corrected chi connectivity index (χ0v) is 21.2. The number of carbonyl (C=O) groups excluding carboxylic acids is 4. The fraction of sp³-hybridized carbons (Fsp3) is 0.600. The van der Waals surface area contributed by atoms with Gasteiger partial charge in [-0.25, -0.2) is 9.59 Å². The Labute approximate surface area is 210 Å². The van der Waals surface area contributed by atoms with Gasteiger partial charge in [0.15, 0.2) is 0 Å². The molecular formula is C25H34ClN3O6. The fourth-order valence-corrected chi connectivity index (χ4v) is 4.54. The smallest absolute Gasteiger partial charge is 0.408 e. The molecule has 3 N–H and O–H groups in total. The van der Waals surface area contributed by atoms with Crippen molar-refractivity contribution in [2.45, 2.75) is 70.1 Å². The van der Waals surface area contributed by atoms with Crippen LogP contribution >= 0.6 is 11.6 Å². The lowest BCUT2D eigenvalue weighted by molar-refractivity contribution is -0.146. The van der Waals surface area contributed by atoms with E-state index in [-0.39, 0.29) is 24.2 Å². The van der Waals surface area contributed by atoms with Gasteiger partial charge in [-0.3, -0.25) is 9.59 Å². The number of ether oxygens (including phenoxy) is 2. The fourth-order valence-electron chi connectivity index (χ4n) is 4.33. The van der Waals surface area contributed by atoms with Crippen LogP contribution in [0.4, 0.5) is 4.79 Å². The minimum Gasteiger partial charge on any atom is -0.467 e. The highest BCUT2D eigenvalue weighted by molar-refractivity contribution is 6.30. The summed E-state index contributed by atoms with van der Waals surface area (Å²) in [5.74, 6) is -1.61. The lowest BCUT2D eigenvalue weighted by Crippen LogP contribution is -2.53. The van der Waals surface area contributed by atoms with E-state index in [1.165, 1.54) is 7.11 Å². The molecule has 0 aromatic heterocycles. The zero-order chi connectivity index (χ0) is 25.6. The van der Waals surface area contributed by atoms with Crippen molar-refractivity contribution in [2.24, 2.45) is 11.8 Å². The molecule has 0 bridgehead atoms. The summed E-state index contributed by atoms with van der Waals surface area (Å²) in [4.78, 5) is 50.1. The van der Waals surface area contributed by atoms with Crippen molar-refractivity contribution in [2.75, 3.05) is 13.7 Å². The van der Waals surface area contributed by atoms with Gasteiger partial charge in [0.1, 0.15) is 17.7 Å². The molecule has 192 valence electrons. The van der Waals surface area contributed by atoms with Crippen LogP contribution in [0.25, 0.3) is 0 Å². The Hall–Kier alpha value is -2.81. The molecule has 9 nitrogen and oxygen atoms in total. The molecule has 3 amide bonds. The van der Waals surface area contributed by atoms with Crippen molar-refractivity contribution < 1.29 is 28.7 Å². The summed E-state index contributed by atoms with van der Waals surface area (Å²) in [7, 11) is 1.23. The number of hydrogen-bond donors (Lipinski definition) is 3. The molecule has 3 atom stereocenters. The van der Waals surface area contributed by atoms with Gasteiger partial charge in [0.2, 0.25) is 11.8 Å². The largest absolute Gasteiger partial charge is 0.467 e. The van der Waals surface area contributed by atoms with Crippen LogP contribution < -0.4 is 16.0 Å². The van der Waals surface area contributed by atoms with Gasteiger partial charge < -0.3 is 25.4 Å². The van der Waals surface area contributed by atoms with Crippen molar-refractivity contribution in [3.8, 4) is 0 Å². The molecule has 1 saturated heterocycles. The lowest BCUT2D eigenvalue weighted by Gasteiger charge is -2.25. The second-order valence-electron chi connectivity index (χ2n) is 9.80. The van der Waals surface area contributed by atoms with Crippen LogP contribution in [0.3, 0.4) is 0 Å². The predicted molar refractivity (Wildman–Crippen MR) is 130 cm³/mol. The predicted octanol–water partition coefficient (Wildman–Crippen LogP) is 2.74. The van der Waals surface area contributed by atoms with Gasteiger partial charge in [0.05, 0.1) is 7.11 Å². The first-order chi connectivity index (χ1) is 16.6. The van der Waals surface area contributed by atoms with Crippen LogP contribution in [-0.4, -0.2) is 55.2 Å². The Kier molecular flexibility index (Phi) is 8.99. The molecule has 1 aliphatic heterocycles. The lowest BCUT2D eigenvalue weighted by atomic mass is 9.97. The Bertz CT molecular complexity index is 949. The molecule has 1 aliphatic carbocycles. The van der Waals surface area contributed by atoms with E-state index in [1.807, 2.05) is 32.0 Å². The SMILES string of the molecule is COC(=O)C(CC1CCNC1=O)NC(=O)C(CC(C)C)NC(=O)OC1(Cc2cccc(Cl)c2)CC1. The number of methoxy groups -OCH3 is 1. The second kappa shape index (κ2) is 11.7. The van der Waals surface area contributed by atoms with E-state index >= 15 is 0 Å². The molecule has 2 aliphatic rings. The number of alkyl carbamates (subject to hydrolysis) is 1. The minimum absolute atomic E-state index is 0.0876. The van der Waals surface area contributed by atoms with Crippen LogP contribution in [0, 0.1) is 11.8 Å². The molecule has 1 saturated carbocycles. The first-order valence-electron chi connectivity index (χ1n) is 12.0. The van der Waals surface area contributed by atoms with Crippen molar-refractivity contribution in [3.05, 3.63) is 34.9 Å². The Balaban J connectivity index is 1.62. The summed E-state index contributed by atoms with van der Waals surface area (Å²) < 4.78 is 10.6. The first kappa shape index (κ1) is 26.8. The van der Waals surface area contributed by atoms with Gasteiger partial charge in [0, 0.05) is 23.9 Å². The number of carbonyl (C=O) groups is 4.